The van der Waals surface area contributed by atoms with E-state index in [-0.39, 0.29) is 9.92 Å². The van der Waals surface area contributed by atoms with E-state index in [1.165, 1.54) is 6.07 Å². The van der Waals surface area contributed by atoms with Crippen LogP contribution in [0.25, 0.3) is 10.8 Å². The summed E-state index contributed by atoms with van der Waals surface area (Å²) in [5.41, 5.74) is 0.508. The molecule has 5 heteroatoms. The summed E-state index contributed by atoms with van der Waals surface area (Å²) in [6, 6.07) is 19.5. The van der Waals surface area contributed by atoms with Crippen LogP contribution in [-0.2, 0) is 10.0 Å². The highest BCUT2D eigenvalue weighted by atomic mass is 35.5. The van der Waals surface area contributed by atoms with Crippen molar-refractivity contribution in [3.63, 3.8) is 0 Å². The van der Waals surface area contributed by atoms with Gasteiger partial charge in [-0.2, -0.15) is 0 Å². The maximum Gasteiger partial charge on any atom is 0.263 e. The Bertz CT molecular complexity index is 907. The van der Waals surface area contributed by atoms with E-state index in [9.17, 15) is 8.42 Å². The third kappa shape index (κ3) is 2.86. The predicted octanol–water partition coefficient (Wildman–Crippen LogP) is 4.29. The lowest BCUT2D eigenvalue weighted by molar-refractivity contribution is 0.601. The molecule has 3 rings (SSSR count). The van der Waals surface area contributed by atoms with Crippen molar-refractivity contribution in [1.82, 2.24) is 0 Å². The average molecular weight is 318 g/mol. The van der Waals surface area contributed by atoms with Gasteiger partial charge in [0.1, 0.15) is 4.90 Å². The molecule has 0 amide bonds. The number of anilines is 1. The molecule has 0 aromatic heterocycles. The summed E-state index contributed by atoms with van der Waals surface area (Å²) in [5.74, 6) is 0. The summed E-state index contributed by atoms with van der Waals surface area (Å²) in [5, 5.41) is 2.22. The van der Waals surface area contributed by atoms with Gasteiger partial charge < -0.3 is 0 Å². The van der Waals surface area contributed by atoms with E-state index >= 15 is 0 Å². The number of halogens is 1. The van der Waals surface area contributed by atoms with Gasteiger partial charge in [0.15, 0.2) is 0 Å². The molecule has 0 saturated heterocycles. The molecule has 0 heterocycles. The molecule has 0 aliphatic rings. The van der Waals surface area contributed by atoms with Gasteiger partial charge in [0.05, 0.1) is 5.02 Å². The smallest absolute Gasteiger partial charge is 0.263 e. The van der Waals surface area contributed by atoms with Gasteiger partial charge in [-0.3, -0.25) is 4.72 Å². The number of hydrogen-bond acceptors (Lipinski definition) is 2. The van der Waals surface area contributed by atoms with Crippen molar-refractivity contribution in [3.8, 4) is 0 Å². The molecular formula is C16H12ClNO2S. The van der Waals surface area contributed by atoms with Crippen LogP contribution >= 0.6 is 11.6 Å². The van der Waals surface area contributed by atoms with Crippen molar-refractivity contribution in [2.24, 2.45) is 0 Å². The molecule has 0 fully saturated rings. The maximum atomic E-state index is 12.4. The van der Waals surface area contributed by atoms with Crippen LogP contribution in [0.1, 0.15) is 0 Å². The second kappa shape index (κ2) is 5.39. The van der Waals surface area contributed by atoms with Crippen LogP contribution in [0.5, 0.6) is 0 Å². The van der Waals surface area contributed by atoms with Crippen LogP contribution in [-0.4, -0.2) is 8.42 Å². The Hall–Kier alpha value is -2.04. The number of fused-ring (bicyclic) bond motifs is 1. The van der Waals surface area contributed by atoms with Crippen LogP contribution in [0.15, 0.2) is 71.6 Å². The molecule has 0 aliphatic heterocycles. The van der Waals surface area contributed by atoms with E-state index in [1.54, 1.807) is 30.3 Å². The SMILES string of the molecule is O=S(=O)(Nc1ccc2ccccc2c1)c1ccccc1Cl. The van der Waals surface area contributed by atoms with Gasteiger partial charge in [0.25, 0.3) is 10.0 Å². The van der Waals surface area contributed by atoms with E-state index in [1.807, 2.05) is 30.3 Å². The summed E-state index contributed by atoms with van der Waals surface area (Å²) in [7, 11) is -3.69. The first kappa shape index (κ1) is 13.9. The molecular weight excluding hydrogens is 306 g/mol. The largest absolute Gasteiger partial charge is 0.280 e. The number of hydrogen-bond donors (Lipinski definition) is 1. The summed E-state index contributed by atoms with van der Waals surface area (Å²) in [6.45, 7) is 0. The molecule has 106 valence electrons. The van der Waals surface area contributed by atoms with Crippen molar-refractivity contribution in [2.45, 2.75) is 4.90 Å². The quantitative estimate of drug-likeness (QED) is 0.783. The molecule has 0 spiro atoms. The van der Waals surface area contributed by atoms with Crippen molar-refractivity contribution in [1.29, 1.82) is 0 Å². The minimum atomic E-state index is -3.69. The minimum absolute atomic E-state index is 0.0693. The molecule has 0 atom stereocenters. The summed E-state index contributed by atoms with van der Waals surface area (Å²) < 4.78 is 27.3. The second-order valence-electron chi connectivity index (χ2n) is 4.60. The molecule has 0 aliphatic carbocycles. The van der Waals surface area contributed by atoms with Crippen LogP contribution in [0.2, 0.25) is 5.02 Å². The first-order chi connectivity index (χ1) is 10.1. The van der Waals surface area contributed by atoms with Gasteiger partial charge >= 0.3 is 0 Å². The van der Waals surface area contributed by atoms with E-state index in [2.05, 4.69) is 4.72 Å². The highest BCUT2D eigenvalue weighted by Crippen LogP contribution is 2.25. The lowest BCUT2D eigenvalue weighted by atomic mass is 10.1. The van der Waals surface area contributed by atoms with Crippen molar-refractivity contribution < 1.29 is 8.42 Å². The van der Waals surface area contributed by atoms with Crippen molar-refractivity contribution >= 4 is 38.1 Å². The van der Waals surface area contributed by atoms with Gasteiger partial charge in [0, 0.05) is 5.69 Å². The van der Waals surface area contributed by atoms with Crippen molar-refractivity contribution in [2.75, 3.05) is 4.72 Å². The Morgan fingerprint density at radius 3 is 2.24 bits per heavy atom. The Morgan fingerprint density at radius 2 is 1.48 bits per heavy atom. The number of benzene rings is 3. The van der Waals surface area contributed by atoms with E-state index in [4.69, 9.17) is 11.6 Å². The molecule has 0 bridgehead atoms. The molecule has 1 N–H and O–H groups in total. The van der Waals surface area contributed by atoms with Crippen LogP contribution in [0.3, 0.4) is 0 Å². The minimum Gasteiger partial charge on any atom is -0.280 e. The summed E-state index contributed by atoms with van der Waals surface area (Å²) in [6.07, 6.45) is 0. The zero-order valence-electron chi connectivity index (χ0n) is 11.0. The fraction of sp³-hybridized carbons (Fsp3) is 0. The molecule has 0 radical (unpaired) electrons. The van der Waals surface area contributed by atoms with Crippen LogP contribution in [0, 0.1) is 0 Å². The zero-order chi connectivity index (χ0) is 14.9. The summed E-state index contributed by atoms with van der Waals surface area (Å²) >= 11 is 5.95. The topological polar surface area (TPSA) is 46.2 Å². The van der Waals surface area contributed by atoms with E-state index in [0.717, 1.165) is 10.8 Å². The van der Waals surface area contributed by atoms with Crippen molar-refractivity contribution in [3.05, 3.63) is 71.8 Å². The third-order valence-electron chi connectivity index (χ3n) is 3.13. The van der Waals surface area contributed by atoms with Gasteiger partial charge in [-0.15, -0.1) is 0 Å². The predicted molar refractivity (Wildman–Crippen MR) is 86.2 cm³/mol. The first-order valence-corrected chi connectivity index (χ1v) is 8.18. The maximum absolute atomic E-state index is 12.4. The monoisotopic (exact) mass is 317 g/mol. The number of sulfonamides is 1. The highest BCUT2D eigenvalue weighted by Gasteiger charge is 2.17. The molecule has 3 aromatic carbocycles. The Kier molecular flexibility index (Phi) is 3.57. The first-order valence-electron chi connectivity index (χ1n) is 6.32. The molecule has 21 heavy (non-hydrogen) atoms. The van der Waals surface area contributed by atoms with Gasteiger partial charge in [-0.05, 0) is 35.0 Å². The van der Waals surface area contributed by atoms with Gasteiger partial charge in [-0.25, -0.2) is 8.42 Å². The fourth-order valence-corrected chi connectivity index (χ4v) is 3.70. The summed E-state index contributed by atoms with van der Waals surface area (Å²) in [4.78, 5) is 0.0693. The Labute approximate surface area is 128 Å². The lowest BCUT2D eigenvalue weighted by Gasteiger charge is -2.10. The Morgan fingerprint density at radius 1 is 0.810 bits per heavy atom. The van der Waals surface area contributed by atoms with Crippen LogP contribution < -0.4 is 4.72 Å². The molecule has 3 aromatic rings. The zero-order valence-corrected chi connectivity index (χ0v) is 12.5. The fourth-order valence-electron chi connectivity index (χ4n) is 2.13. The third-order valence-corrected chi connectivity index (χ3v) is 5.01. The molecule has 0 unspecified atom stereocenters. The molecule has 0 saturated carbocycles. The van der Waals surface area contributed by atoms with Gasteiger partial charge in [0.2, 0.25) is 0 Å². The average Bonchev–Trinajstić information content (AvgIpc) is 2.47. The van der Waals surface area contributed by atoms with Gasteiger partial charge in [-0.1, -0.05) is 54.1 Å². The van der Waals surface area contributed by atoms with Crippen LogP contribution in [0.4, 0.5) is 5.69 Å². The molecule has 3 nitrogen and oxygen atoms in total. The number of rotatable bonds is 3. The lowest BCUT2D eigenvalue weighted by Crippen LogP contribution is -2.13. The van der Waals surface area contributed by atoms with E-state index in [0.29, 0.717) is 5.69 Å². The standard InChI is InChI=1S/C16H12ClNO2S/c17-15-7-3-4-8-16(15)21(19,20)18-14-10-9-12-5-1-2-6-13(12)11-14/h1-11,18H. The normalized spacial score (nSPS) is 11.5. The van der Waals surface area contributed by atoms with E-state index < -0.39 is 10.0 Å². The highest BCUT2D eigenvalue weighted by molar-refractivity contribution is 7.92. The Balaban J connectivity index is 1.99. The second-order valence-corrected chi connectivity index (χ2v) is 6.66. The number of nitrogens with one attached hydrogen (secondary N) is 1.